The van der Waals surface area contributed by atoms with Crippen LogP contribution < -0.4 is 4.74 Å². The number of rotatable bonds is 4. The molecule has 0 spiro atoms. The molecule has 0 saturated carbocycles. The Morgan fingerprint density at radius 2 is 1.95 bits per heavy atom. The fraction of sp³-hybridized carbons (Fsp3) is 0.0714. The predicted octanol–water partition coefficient (Wildman–Crippen LogP) is 3.85. The maximum absolute atomic E-state index is 6.07. The number of hydrogen-bond donors (Lipinski definition) is 0. The van der Waals surface area contributed by atoms with Crippen molar-refractivity contribution in [2.75, 3.05) is 0 Å². The van der Waals surface area contributed by atoms with Crippen LogP contribution in [0.2, 0.25) is 5.02 Å². The minimum atomic E-state index is 0.173. The summed E-state index contributed by atoms with van der Waals surface area (Å²) in [6.45, 7) is 0. The van der Waals surface area contributed by atoms with Crippen LogP contribution >= 0.6 is 23.2 Å². The number of halogens is 2. The van der Waals surface area contributed by atoms with Crippen molar-refractivity contribution in [2.24, 2.45) is 0 Å². The van der Waals surface area contributed by atoms with E-state index in [1.54, 1.807) is 23.3 Å². The summed E-state index contributed by atoms with van der Waals surface area (Å²) < 4.78 is 7.09. The Morgan fingerprint density at radius 3 is 2.67 bits per heavy atom. The molecule has 0 bridgehead atoms. The molecule has 0 atom stereocenters. The van der Waals surface area contributed by atoms with Gasteiger partial charge in [0.2, 0.25) is 5.88 Å². The molecule has 1 aromatic carbocycles. The van der Waals surface area contributed by atoms with Crippen molar-refractivity contribution in [3.05, 3.63) is 59.5 Å². The van der Waals surface area contributed by atoms with Crippen molar-refractivity contribution < 1.29 is 4.74 Å². The molecule has 0 amide bonds. The minimum absolute atomic E-state index is 0.173. The first-order valence-corrected chi connectivity index (χ1v) is 7.03. The third-order valence-corrected chi connectivity index (χ3v) is 3.28. The average molecular weight is 321 g/mol. The molecule has 2 aromatic heterocycles. The molecule has 0 N–H and O–H groups in total. The Labute approximate surface area is 131 Å². The fourth-order valence-electron chi connectivity index (χ4n) is 1.70. The van der Waals surface area contributed by atoms with Gasteiger partial charge in [0.05, 0.1) is 5.69 Å². The lowest BCUT2D eigenvalue weighted by Crippen LogP contribution is -1.96. The topological polar surface area (TPSA) is 52.8 Å². The zero-order valence-electron chi connectivity index (χ0n) is 10.8. The van der Waals surface area contributed by atoms with E-state index in [4.69, 9.17) is 27.9 Å². The molecule has 3 rings (SSSR count). The van der Waals surface area contributed by atoms with E-state index in [2.05, 4.69) is 15.1 Å². The lowest BCUT2D eigenvalue weighted by Gasteiger charge is -2.03. The summed E-state index contributed by atoms with van der Waals surface area (Å²) in [5.74, 6) is 0.588. The summed E-state index contributed by atoms with van der Waals surface area (Å²) in [5.41, 5.74) is 1.70. The van der Waals surface area contributed by atoms with Crippen LogP contribution in [0.1, 0.15) is 5.56 Å². The molecule has 0 saturated heterocycles. The van der Waals surface area contributed by atoms with Crippen LogP contribution in [0.4, 0.5) is 0 Å². The molecule has 21 heavy (non-hydrogen) atoms. The first-order valence-electron chi connectivity index (χ1n) is 6.11. The molecule has 0 aliphatic rings. The summed E-state index contributed by atoms with van der Waals surface area (Å²) in [7, 11) is 0. The summed E-state index contributed by atoms with van der Waals surface area (Å²) in [4.78, 5) is 8.17. The van der Waals surface area contributed by atoms with Gasteiger partial charge in [0.15, 0.2) is 0 Å². The minimum Gasteiger partial charge on any atom is -0.402 e. The lowest BCUT2D eigenvalue weighted by atomic mass is 10.3. The molecule has 0 fully saturated rings. The second-order valence-corrected chi connectivity index (χ2v) is 4.85. The van der Waals surface area contributed by atoms with E-state index in [1.807, 2.05) is 30.3 Å². The number of ether oxygens (including phenoxy) is 1. The predicted molar refractivity (Wildman–Crippen MR) is 80.2 cm³/mol. The van der Waals surface area contributed by atoms with Gasteiger partial charge in [-0.05, 0) is 23.8 Å². The second-order valence-electron chi connectivity index (χ2n) is 4.17. The average Bonchev–Trinajstić information content (AvgIpc) is 2.99. The fourth-order valence-corrected chi connectivity index (χ4v) is 2.07. The van der Waals surface area contributed by atoms with E-state index in [-0.39, 0.29) is 11.9 Å². The van der Waals surface area contributed by atoms with Crippen LogP contribution in [0.5, 0.6) is 11.9 Å². The van der Waals surface area contributed by atoms with E-state index < -0.39 is 0 Å². The molecule has 0 aliphatic carbocycles. The lowest BCUT2D eigenvalue weighted by molar-refractivity contribution is 0.425. The van der Waals surface area contributed by atoms with Crippen molar-refractivity contribution in [3.8, 4) is 17.6 Å². The van der Waals surface area contributed by atoms with Gasteiger partial charge in [-0.2, -0.15) is 4.98 Å². The van der Waals surface area contributed by atoms with E-state index in [0.717, 1.165) is 11.3 Å². The molecule has 0 radical (unpaired) electrons. The molecule has 0 aliphatic heterocycles. The highest BCUT2D eigenvalue weighted by Crippen LogP contribution is 2.26. The Balaban J connectivity index is 1.82. The van der Waals surface area contributed by atoms with Gasteiger partial charge < -0.3 is 4.74 Å². The Bertz CT molecular complexity index is 746. The number of nitrogens with zero attached hydrogens (tertiary/aromatic N) is 4. The Hall–Kier alpha value is -2.11. The number of para-hydroxylation sites is 1. The van der Waals surface area contributed by atoms with E-state index >= 15 is 0 Å². The number of alkyl halides is 1. The quantitative estimate of drug-likeness (QED) is 0.685. The highest BCUT2D eigenvalue weighted by molar-refractivity contribution is 6.32. The largest absolute Gasteiger partial charge is 0.402 e. The highest BCUT2D eigenvalue weighted by Gasteiger charge is 2.10. The Morgan fingerprint density at radius 1 is 1.14 bits per heavy atom. The third-order valence-electron chi connectivity index (χ3n) is 2.70. The van der Waals surface area contributed by atoms with E-state index in [0.29, 0.717) is 10.9 Å². The molecule has 0 unspecified atom stereocenters. The van der Waals surface area contributed by atoms with Crippen molar-refractivity contribution in [2.45, 2.75) is 5.88 Å². The molecule has 5 nitrogen and oxygen atoms in total. The molecule has 106 valence electrons. The summed E-state index contributed by atoms with van der Waals surface area (Å²) in [6, 6.07) is 11.5. The van der Waals surface area contributed by atoms with Crippen molar-refractivity contribution >= 4 is 23.2 Å². The van der Waals surface area contributed by atoms with Gasteiger partial charge in [0.25, 0.3) is 0 Å². The smallest absolute Gasteiger partial charge is 0.342 e. The van der Waals surface area contributed by atoms with Crippen LogP contribution in [0, 0.1) is 0 Å². The van der Waals surface area contributed by atoms with E-state index in [1.165, 1.54) is 0 Å². The first kappa shape index (κ1) is 13.9. The van der Waals surface area contributed by atoms with Gasteiger partial charge in [-0.25, -0.2) is 9.67 Å². The monoisotopic (exact) mass is 320 g/mol. The summed E-state index contributed by atoms with van der Waals surface area (Å²) >= 11 is 11.8. The zero-order valence-corrected chi connectivity index (χ0v) is 12.3. The SMILES string of the molecule is ClCc1cnc(Oc2ncn(-c3ccccc3)n2)c(Cl)c1. The summed E-state index contributed by atoms with van der Waals surface area (Å²) in [6.07, 6.45) is 3.16. The standard InChI is InChI=1S/C14H10Cl2N4O/c15-7-10-6-12(16)13(17-8-10)21-14-18-9-20(19-14)11-4-2-1-3-5-11/h1-6,8-9H,7H2. The van der Waals surface area contributed by atoms with E-state index in [9.17, 15) is 0 Å². The van der Waals surface area contributed by atoms with Gasteiger partial charge in [-0.15, -0.1) is 16.7 Å². The number of benzene rings is 1. The summed E-state index contributed by atoms with van der Waals surface area (Å²) in [5, 5.41) is 4.58. The molecule has 3 aromatic rings. The van der Waals surface area contributed by atoms with Crippen LogP contribution in [0.3, 0.4) is 0 Å². The van der Waals surface area contributed by atoms with Gasteiger partial charge in [-0.3, -0.25) is 0 Å². The van der Waals surface area contributed by atoms with Crippen molar-refractivity contribution in [1.29, 1.82) is 0 Å². The van der Waals surface area contributed by atoms with Crippen molar-refractivity contribution in [3.63, 3.8) is 0 Å². The number of pyridine rings is 1. The van der Waals surface area contributed by atoms with Gasteiger partial charge in [-0.1, -0.05) is 29.8 Å². The highest BCUT2D eigenvalue weighted by atomic mass is 35.5. The van der Waals surface area contributed by atoms with Crippen LogP contribution in [0.15, 0.2) is 48.9 Å². The maximum Gasteiger partial charge on any atom is 0.342 e. The van der Waals surface area contributed by atoms with Crippen LogP contribution in [0.25, 0.3) is 5.69 Å². The number of hydrogen-bond acceptors (Lipinski definition) is 4. The van der Waals surface area contributed by atoms with Gasteiger partial charge >= 0.3 is 6.01 Å². The molecule has 2 heterocycles. The zero-order chi connectivity index (χ0) is 14.7. The van der Waals surface area contributed by atoms with Crippen LogP contribution in [-0.4, -0.2) is 19.7 Å². The van der Waals surface area contributed by atoms with Gasteiger partial charge in [0.1, 0.15) is 11.3 Å². The van der Waals surface area contributed by atoms with Crippen molar-refractivity contribution in [1.82, 2.24) is 19.7 Å². The molecule has 7 heteroatoms. The number of aromatic nitrogens is 4. The third kappa shape index (κ3) is 3.15. The normalized spacial score (nSPS) is 10.6. The first-order chi connectivity index (χ1) is 10.3. The Kier molecular flexibility index (Phi) is 4.03. The molecular weight excluding hydrogens is 311 g/mol. The van der Waals surface area contributed by atoms with Crippen LogP contribution in [-0.2, 0) is 5.88 Å². The second kappa shape index (κ2) is 6.11. The molecular formula is C14H10Cl2N4O. The maximum atomic E-state index is 6.07. The van der Waals surface area contributed by atoms with Gasteiger partial charge in [0, 0.05) is 12.1 Å².